The van der Waals surface area contributed by atoms with Crippen LogP contribution >= 0.6 is 52.3 Å². The topological polar surface area (TPSA) is 53.5 Å². The lowest BCUT2D eigenvalue weighted by atomic mass is 10.2. The molecule has 0 aliphatic rings. The summed E-state index contributed by atoms with van der Waals surface area (Å²) in [6.45, 7) is 3.79. The Kier molecular flexibility index (Phi) is 15.1. The minimum absolute atomic E-state index is 0. The van der Waals surface area contributed by atoms with Gasteiger partial charge >= 0.3 is 0 Å². The Morgan fingerprint density at radius 2 is 1.70 bits per heavy atom. The summed E-state index contributed by atoms with van der Waals surface area (Å²) in [5.74, 6) is 0.856. The summed E-state index contributed by atoms with van der Waals surface area (Å²) in [6.07, 6.45) is 1.00. The molecule has 8 heteroatoms. The van der Waals surface area contributed by atoms with Gasteiger partial charge in [-0.3, -0.25) is 0 Å². The van der Waals surface area contributed by atoms with Crippen LogP contribution in [0.2, 0.25) is 5.02 Å². The number of aliphatic hydroxyl groups excluding tert-OH is 1. The van der Waals surface area contributed by atoms with E-state index in [9.17, 15) is 0 Å². The third kappa shape index (κ3) is 9.99. The molecule has 0 aliphatic heterocycles. The lowest BCUT2D eigenvalue weighted by Crippen LogP contribution is -2.24. The second-order valence-corrected chi connectivity index (χ2v) is 6.96. The Morgan fingerprint density at radius 1 is 0.963 bits per heavy atom. The molecule has 0 atom stereocenters. The first kappa shape index (κ1) is 26.5. The fraction of sp³-hybridized carbons (Fsp3) is 0.368. The molecule has 2 rings (SSSR count). The summed E-state index contributed by atoms with van der Waals surface area (Å²) in [7, 11) is 0. The van der Waals surface area contributed by atoms with Crippen molar-refractivity contribution in [2.75, 3.05) is 26.2 Å². The van der Waals surface area contributed by atoms with Gasteiger partial charge in [0.2, 0.25) is 0 Å². The Morgan fingerprint density at radius 3 is 2.44 bits per heavy atom. The average molecular weight is 501 g/mol. The highest BCUT2D eigenvalue weighted by Crippen LogP contribution is 2.25. The van der Waals surface area contributed by atoms with Crippen molar-refractivity contribution in [1.82, 2.24) is 10.6 Å². The fourth-order valence-corrected chi connectivity index (χ4v) is 2.96. The second kappa shape index (κ2) is 15.4. The molecular weight excluding hydrogens is 474 g/mol. The zero-order chi connectivity index (χ0) is 17.9. The van der Waals surface area contributed by atoms with E-state index in [0.29, 0.717) is 13.2 Å². The van der Waals surface area contributed by atoms with Crippen LogP contribution < -0.4 is 15.4 Å². The number of halogens is 4. The van der Waals surface area contributed by atoms with Crippen LogP contribution in [0.5, 0.6) is 5.75 Å². The molecule has 2 aromatic rings. The van der Waals surface area contributed by atoms with E-state index in [2.05, 4.69) is 32.6 Å². The van der Waals surface area contributed by atoms with Crippen molar-refractivity contribution < 1.29 is 9.84 Å². The molecule has 0 fully saturated rings. The number of hydrogen-bond acceptors (Lipinski definition) is 4. The van der Waals surface area contributed by atoms with Gasteiger partial charge in [-0.25, -0.2) is 0 Å². The van der Waals surface area contributed by atoms with E-state index in [1.165, 1.54) is 0 Å². The van der Waals surface area contributed by atoms with Crippen molar-refractivity contribution in [1.29, 1.82) is 0 Å². The van der Waals surface area contributed by atoms with Gasteiger partial charge in [0.15, 0.2) is 0 Å². The number of rotatable bonds is 11. The molecule has 27 heavy (non-hydrogen) atoms. The fourth-order valence-electron chi connectivity index (χ4n) is 2.36. The molecule has 0 saturated carbocycles. The Balaban J connectivity index is 0.00000338. The molecule has 152 valence electrons. The monoisotopic (exact) mass is 498 g/mol. The third-order valence-corrected chi connectivity index (χ3v) is 4.54. The van der Waals surface area contributed by atoms with Crippen molar-refractivity contribution in [2.45, 2.75) is 19.6 Å². The van der Waals surface area contributed by atoms with Crippen LogP contribution in [0.15, 0.2) is 46.9 Å². The minimum Gasteiger partial charge on any atom is -0.489 e. The van der Waals surface area contributed by atoms with E-state index in [-0.39, 0.29) is 31.4 Å². The SMILES string of the molecule is Cl.Cl.OCCNCCCNCc1cc(Br)ccc1OCc1ccccc1Cl. The molecule has 3 N–H and O–H groups in total. The van der Waals surface area contributed by atoms with Gasteiger partial charge in [0, 0.05) is 33.7 Å². The largest absolute Gasteiger partial charge is 0.489 e. The molecule has 0 saturated heterocycles. The molecular formula is C19H26BrCl3N2O2. The van der Waals surface area contributed by atoms with Crippen molar-refractivity contribution in [2.24, 2.45) is 0 Å². The van der Waals surface area contributed by atoms with Crippen molar-refractivity contribution in [3.05, 3.63) is 63.1 Å². The quantitative estimate of drug-likeness (QED) is 0.395. The number of benzene rings is 2. The first-order chi connectivity index (χ1) is 12.2. The van der Waals surface area contributed by atoms with Gasteiger partial charge in [-0.15, -0.1) is 24.8 Å². The normalized spacial score (nSPS) is 10.0. The van der Waals surface area contributed by atoms with E-state index in [4.69, 9.17) is 21.4 Å². The summed E-state index contributed by atoms with van der Waals surface area (Å²) in [5.41, 5.74) is 2.07. The second-order valence-electron chi connectivity index (χ2n) is 5.64. The molecule has 4 nitrogen and oxygen atoms in total. The van der Waals surface area contributed by atoms with Crippen LogP contribution in [0.3, 0.4) is 0 Å². The van der Waals surface area contributed by atoms with E-state index >= 15 is 0 Å². The minimum atomic E-state index is 0. The van der Waals surface area contributed by atoms with E-state index in [1.54, 1.807) is 0 Å². The van der Waals surface area contributed by atoms with Crippen molar-refractivity contribution >= 4 is 52.3 Å². The van der Waals surface area contributed by atoms with Gasteiger partial charge in [-0.05, 0) is 43.8 Å². The van der Waals surface area contributed by atoms with Crippen LogP contribution in [0.1, 0.15) is 17.5 Å². The maximum absolute atomic E-state index is 8.72. The predicted molar refractivity (Wildman–Crippen MR) is 121 cm³/mol. The maximum Gasteiger partial charge on any atom is 0.124 e. The molecule has 0 amide bonds. The number of nitrogens with one attached hydrogen (secondary N) is 2. The number of hydrogen-bond donors (Lipinski definition) is 3. The van der Waals surface area contributed by atoms with Crippen molar-refractivity contribution in [3.63, 3.8) is 0 Å². The number of aliphatic hydroxyl groups is 1. The summed E-state index contributed by atoms with van der Waals surface area (Å²) < 4.78 is 7.01. The number of ether oxygens (including phenoxy) is 1. The van der Waals surface area contributed by atoms with Crippen molar-refractivity contribution in [3.8, 4) is 5.75 Å². The summed E-state index contributed by atoms with van der Waals surface area (Å²) in [6, 6.07) is 13.7. The molecule has 0 aliphatic carbocycles. The van der Waals surface area contributed by atoms with Gasteiger partial charge in [0.25, 0.3) is 0 Å². The lowest BCUT2D eigenvalue weighted by Gasteiger charge is -2.14. The average Bonchev–Trinajstić information content (AvgIpc) is 2.61. The van der Waals surface area contributed by atoms with E-state index in [1.807, 2.05) is 36.4 Å². The van der Waals surface area contributed by atoms with Gasteiger partial charge in [0.1, 0.15) is 12.4 Å². The highest BCUT2D eigenvalue weighted by atomic mass is 79.9. The molecule has 0 spiro atoms. The first-order valence-corrected chi connectivity index (χ1v) is 9.54. The zero-order valence-electron chi connectivity index (χ0n) is 14.9. The molecule has 0 heterocycles. The molecule has 0 unspecified atom stereocenters. The van der Waals surface area contributed by atoms with Gasteiger partial charge in [0.05, 0.1) is 6.61 Å². The summed E-state index contributed by atoms with van der Waals surface area (Å²) in [5, 5.41) is 16.0. The highest BCUT2D eigenvalue weighted by molar-refractivity contribution is 9.10. The Hall–Kier alpha value is -0.530. The third-order valence-electron chi connectivity index (χ3n) is 3.67. The Bertz CT molecular complexity index is 663. The summed E-state index contributed by atoms with van der Waals surface area (Å²) in [4.78, 5) is 0. The Labute approximate surface area is 187 Å². The highest BCUT2D eigenvalue weighted by Gasteiger charge is 2.06. The van der Waals surface area contributed by atoms with Crippen LogP contribution in [-0.2, 0) is 13.2 Å². The van der Waals surface area contributed by atoms with Gasteiger partial charge in [-0.2, -0.15) is 0 Å². The zero-order valence-corrected chi connectivity index (χ0v) is 18.9. The van der Waals surface area contributed by atoms with Gasteiger partial charge < -0.3 is 20.5 Å². The van der Waals surface area contributed by atoms with Crippen LogP contribution in [0.25, 0.3) is 0 Å². The standard InChI is InChI=1S/C19H24BrClN2O2.2ClH/c20-17-6-7-19(25-14-15-4-1-2-5-18(15)21)16(12-17)13-23-9-3-8-22-10-11-24;;/h1-2,4-7,12,22-24H,3,8-11,13-14H2;2*1H. The van der Waals surface area contributed by atoms with Crippen LogP contribution in [-0.4, -0.2) is 31.3 Å². The maximum atomic E-state index is 8.72. The first-order valence-electron chi connectivity index (χ1n) is 8.37. The van der Waals surface area contributed by atoms with E-state index < -0.39 is 0 Å². The van der Waals surface area contributed by atoms with Crippen LogP contribution in [0.4, 0.5) is 0 Å². The lowest BCUT2D eigenvalue weighted by molar-refractivity contribution is 0.292. The van der Waals surface area contributed by atoms with E-state index in [0.717, 1.165) is 52.4 Å². The molecule has 0 radical (unpaired) electrons. The molecule has 0 bridgehead atoms. The predicted octanol–water partition coefficient (Wildman–Crippen LogP) is 4.59. The smallest absolute Gasteiger partial charge is 0.124 e. The summed E-state index contributed by atoms with van der Waals surface area (Å²) >= 11 is 9.71. The molecule has 2 aromatic carbocycles. The van der Waals surface area contributed by atoms with Gasteiger partial charge in [-0.1, -0.05) is 45.7 Å². The molecule has 0 aromatic heterocycles. The van der Waals surface area contributed by atoms with Crippen LogP contribution in [0, 0.1) is 0 Å².